The summed E-state index contributed by atoms with van der Waals surface area (Å²) >= 11 is 0. The summed E-state index contributed by atoms with van der Waals surface area (Å²) in [5.41, 5.74) is 0.605. The minimum absolute atomic E-state index is 0.0946. The molecule has 0 spiro atoms. The van der Waals surface area contributed by atoms with E-state index in [-0.39, 0.29) is 17.6 Å². The number of rotatable bonds is 5. The predicted molar refractivity (Wildman–Crippen MR) is 115 cm³/mol. The molecule has 0 bridgehead atoms. The van der Waals surface area contributed by atoms with Crippen LogP contribution in [0.15, 0.2) is 24.3 Å². The Balaban J connectivity index is 1.20. The topological polar surface area (TPSA) is 55.9 Å². The van der Waals surface area contributed by atoms with Gasteiger partial charge in [0.25, 0.3) is 0 Å². The van der Waals surface area contributed by atoms with E-state index in [9.17, 15) is 14.0 Å². The van der Waals surface area contributed by atoms with Gasteiger partial charge in [0.2, 0.25) is 11.8 Å². The van der Waals surface area contributed by atoms with Crippen LogP contribution in [0.3, 0.4) is 0 Å². The number of piperazine rings is 1. The molecule has 0 aromatic heterocycles. The molecule has 2 aliphatic heterocycles. The van der Waals surface area contributed by atoms with Crippen LogP contribution in [0.4, 0.5) is 10.1 Å². The summed E-state index contributed by atoms with van der Waals surface area (Å²) in [5, 5.41) is 2.81. The highest BCUT2D eigenvalue weighted by molar-refractivity contribution is 5.92. The smallest absolute Gasteiger partial charge is 0.238 e. The van der Waals surface area contributed by atoms with Crippen LogP contribution < -0.4 is 5.32 Å². The van der Waals surface area contributed by atoms with Crippen LogP contribution in [0.1, 0.15) is 38.5 Å². The molecule has 30 heavy (non-hydrogen) atoms. The predicted octanol–water partition coefficient (Wildman–Crippen LogP) is 2.56. The number of fused-ring (bicyclic) bond motifs is 1. The Morgan fingerprint density at radius 2 is 1.50 bits per heavy atom. The molecule has 6 nitrogen and oxygen atoms in total. The first-order chi connectivity index (χ1) is 14.6. The Kier molecular flexibility index (Phi) is 7.00. The van der Waals surface area contributed by atoms with Crippen LogP contribution in [-0.2, 0) is 9.59 Å². The molecule has 164 valence electrons. The molecule has 4 rings (SSSR count). The molecule has 1 aromatic rings. The lowest BCUT2D eigenvalue weighted by molar-refractivity contribution is -0.139. The molecule has 3 fully saturated rings. The van der Waals surface area contributed by atoms with Crippen molar-refractivity contribution in [3.8, 4) is 0 Å². The van der Waals surface area contributed by atoms with Gasteiger partial charge < -0.3 is 10.2 Å². The molecule has 2 saturated heterocycles. The number of likely N-dealkylation sites (tertiary alicyclic amines) is 1. The first-order valence-corrected chi connectivity index (χ1v) is 11.4. The zero-order valence-corrected chi connectivity index (χ0v) is 17.7. The number of carbonyl (C=O) groups is 2. The molecule has 1 aromatic carbocycles. The zero-order chi connectivity index (χ0) is 20.9. The molecule has 1 N–H and O–H groups in total. The minimum Gasteiger partial charge on any atom is -0.338 e. The molecular weight excluding hydrogens is 383 g/mol. The number of piperidine rings is 1. The van der Waals surface area contributed by atoms with Gasteiger partial charge in [-0.15, -0.1) is 0 Å². The number of amides is 2. The van der Waals surface area contributed by atoms with Gasteiger partial charge in [0.1, 0.15) is 5.82 Å². The number of hydrogen-bond donors (Lipinski definition) is 1. The lowest BCUT2D eigenvalue weighted by Gasteiger charge is -2.45. The largest absolute Gasteiger partial charge is 0.338 e. The molecule has 2 atom stereocenters. The number of anilines is 1. The van der Waals surface area contributed by atoms with Crippen molar-refractivity contribution in [2.24, 2.45) is 5.92 Å². The van der Waals surface area contributed by atoms with Gasteiger partial charge in [0.15, 0.2) is 0 Å². The fourth-order valence-corrected chi connectivity index (χ4v) is 5.26. The summed E-state index contributed by atoms with van der Waals surface area (Å²) in [7, 11) is 0. The zero-order valence-electron chi connectivity index (χ0n) is 17.7. The molecule has 2 amide bonds. The van der Waals surface area contributed by atoms with Crippen LogP contribution in [0.2, 0.25) is 0 Å². The number of nitrogens with zero attached hydrogens (tertiary/aromatic N) is 3. The highest BCUT2D eigenvalue weighted by Gasteiger charge is 2.36. The monoisotopic (exact) mass is 416 g/mol. The van der Waals surface area contributed by atoms with E-state index in [4.69, 9.17) is 0 Å². The summed E-state index contributed by atoms with van der Waals surface area (Å²) in [6.45, 7) is 4.89. The first-order valence-electron chi connectivity index (χ1n) is 11.4. The third-order valence-electron chi connectivity index (χ3n) is 6.88. The van der Waals surface area contributed by atoms with Gasteiger partial charge in [-0.3, -0.25) is 19.4 Å². The summed E-state index contributed by atoms with van der Waals surface area (Å²) in [4.78, 5) is 31.7. The van der Waals surface area contributed by atoms with Crippen molar-refractivity contribution in [1.29, 1.82) is 0 Å². The van der Waals surface area contributed by atoms with Crippen molar-refractivity contribution in [2.75, 3.05) is 51.1 Å². The summed E-state index contributed by atoms with van der Waals surface area (Å²) in [5.74, 6) is 0.590. The molecule has 2 heterocycles. The summed E-state index contributed by atoms with van der Waals surface area (Å²) in [6, 6.07) is 6.27. The SMILES string of the molecule is O=C(CN1CCN(CC(=O)N2CCC[C@@H]3CCCC[C@@H]32)CC1)Nc1ccc(F)cc1. The second-order valence-electron chi connectivity index (χ2n) is 8.95. The maximum atomic E-state index is 13.0. The average Bonchev–Trinajstić information content (AvgIpc) is 2.76. The van der Waals surface area contributed by atoms with Crippen molar-refractivity contribution in [3.05, 3.63) is 30.1 Å². The lowest BCUT2D eigenvalue weighted by atomic mass is 9.78. The van der Waals surface area contributed by atoms with Crippen molar-refractivity contribution >= 4 is 17.5 Å². The minimum atomic E-state index is -0.317. The molecule has 1 saturated carbocycles. The second kappa shape index (κ2) is 9.88. The maximum Gasteiger partial charge on any atom is 0.238 e. The van der Waals surface area contributed by atoms with Crippen LogP contribution >= 0.6 is 0 Å². The van der Waals surface area contributed by atoms with E-state index in [0.29, 0.717) is 30.7 Å². The van der Waals surface area contributed by atoms with Crippen LogP contribution in [0.25, 0.3) is 0 Å². The van der Waals surface area contributed by atoms with Crippen LogP contribution in [0.5, 0.6) is 0 Å². The lowest BCUT2D eigenvalue weighted by Crippen LogP contribution is -2.55. The number of benzene rings is 1. The number of nitrogens with one attached hydrogen (secondary N) is 1. The van der Waals surface area contributed by atoms with E-state index < -0.39 is 0 Å². The Hall–Kier alpha value is -1.99. The summed E-state index contributed by atoms with van der Waals surface area (Å²) in [6.07, 6.45) is 7.46. The van der Waals surface area contributed by atoms with Gasteiger partial charge in [0, 0.05) is 44.5 Å². The average molecular weight is 417 g/mol. The van der Waals surface area contributed by atoms with Crippen molar-refractivity contribution in [2.45, 2.75) is 44.6 Å². The Morgan fingerprint density at radius 1 is 0.867 bits per heavy atom. The number of carbonyl (C=O) groups excluding carboxylic acids is 2. The van der Waals surface area contributed by atoms with Crippen molar-refractivity contribution < 1.29 is 14.0 Å². The highest BCUT2D eigenvalue weighted by atomic mass is 19.1. The fourth-order valence-electron chi connectivity index (χ4n) is 5.26. The standard InChI is InChI=1S/C23H33FN4O2/c24-19-7-9-20(10-8-19)25-22(29)16-26-12-14-27(15-13-26)17-23(30)28-11-3-5-18-4-1-2-6-21(18)28/h7-10,18,21H,1-6,11-17H2,(H,25,29)/t18-,21-/m0/s1. The first kappa shape index (κ1) is 21.2. The number of hydrogen-bond acceptors (Lipinski definition) is 4. The Labute approximate surface area is 178 Å². The van der Waals surface area contributed by atoms with E-state index in [0.717, 1.165) is 39.1 Å². The molecule has 3 aliphatic rings. The van der Waals surface area contributed by atoms with Crippen molar-refractivity contribution in [3.63, 3.8) is 0 Å². The van der Waals surface area contributed by atoms with Gasteiger partial charge >= 0.3 is 0 Å². The number of halogens is 1. The molecule has 0 unspecified atom stereocenters. The Bertz CT molecular complexity index is 731. The van der Waals surface area contributed by atoms with Crippen LogP contribution in [-0.4, -0.2) is 78.4 Å². The fraction of sp³-hybridized carbons (Fsp3) is 0.652. The normalized spacial score (nSPS) is 25.6. The van der Waals surface area contributed by atoms with E-state index in [1.165, 1.54) is 44.2 Å². The van der Waals surface area contributed by atoms with Gasteiger partial charge in [-0.1, -0.05) is 12.8 Å². The maximum absolute atomic E-state index is 13.0. The third-order valence-corrected chi connectivity index (χ3v) is 6.88. The molecule has 0 radical (unpaired) electrons. The molecule has 1 aliphatic carbocycles. The second-order valence-corrected chi connectivity index (χ2v) is 8.95. The molecule has 7 heteroatoms. The van der Waals surface area contributed by atoms with E-state index in [1.54, 1.807) is 12.1 Å². The highest BCUT2D eigenvalue weighted by Crippen LogP contribution is 2.35. The molecular formula is C23H33FN4O2. The Morgan fingerprint density at radius 3 is 2.23 bits per heavy atom. The summed E-state index contributed by atoms with van der Waals surface area (Å²) < 4.78 is 13.0. The third kappa shape index (κ3) is 5.38. The van der Waals surface area contributed by atoms with Gasteiger partial charge in [0.05, 0.1) is 13.1 Å². The van der Waals surface area contributed by atoms with Gasteiger partial charge in [-0.05, 0) is 55.9 Å². The quantitative estimate of drug-likeness (QED) is 0.802. The van der Waals surface area contributed by atoms with Crippen LogP contribution in [0, 0.1) is 11.7 Å². The van der Waals surface area contributed by atoms with E-state index in [1.807, 2.05) is 0 Å². The van der Waals surface area contributed by atoms with Gasteiger partial charge in [-0.25, -0.2) is 4.39 Å². The van der Waals surface area contributed by atoms with E-state index in [2.05, 4.69) is 20.0 Å². The van der Waals surface area contributed by atoms with Gasteiger partial charge in [-0.2, -0.15) is 0 Å². The van der Waals surface area contributed by atoms with E-state index >= 15 is 0 Å². The van der Waals surface area contributed by atoms with Crippen molar-refractivity contribution in [1.82, 2.24) is 14.7 Å².